The van der Waals surface area contributed by atoms with Gasteiger partial charge in [0, 0.05) is 23.5 Å². The van der Waals surface area contributed by atoms with Crippen LogP contribution in [0.4, 0.5) is 5.69 Å². The number of benzene rings is 3. The van der Waals surface area contributed by atoms with Gasteiger partial charge in [0.25, 0.3) is 0 Å². The van der Waals surface area contributed by atoms with Crippen LogP contribution in [0.25, 0.3) is 0 Å². The molecule has 5 rings (SSSR count). The predicted octanol–water partition coefficient (Wildman–Crippen LogP) is 5.56. The van der Waals surface area contributed by atoms with Crippen LogP contribution in [-0.4, -0.2) is 37.7 Å². The Labute approximate surface area is 197 Å². The Hall–Kier alpha value is -2.63. The van der Waals surface area contributed by atoms with Crippen LogP contribution >= 0.6 is 15.9 Å². The van der Waals surface area contributed by atoms with Gasteiger partial charge in [0.15, 0.2) is 0 Å². The molecule has 1 unspecified atom stereocenters. The number of fused-ring (bicyclic) bond motifs is 3. The fraction of sp³-hybridized carbons (Fsp3) is 0.296. The third-order valence-electron chi connectivity index (χ3n) is 7.06. The van der Waals surface area contributed by atoms with E-state index in [1.54, 1.807) is 0 Å². The predicted molar refractivity (Wildman–Crippen MR) is 131 cm³/mol. The van der Waals surface area contributed by atoms with Crippen molar-refractivity contribution in [2.45, 2.75) is 30.8 Å². The van der Waals surface area contributed by atoms with Gasteiger partial charge in [-0.2, -0.15) is 0 Å². The molecule has 3 aromatic carbocycles. The number of halogens is 1. The van der Waals surface area contributed by atoms with Gasteiger partial charge in [-0.15, -0.1) is 0 Å². The lowest BCUT2D eigenvalue weighted by Crippen LogP contribution is -2.45. The minimum Gasteiger partial charge on any atom is -0.426 e. The first-order valence-electron chi connectivity index (χ1n) is 11.0. The van der Waals surface area contributed by atoms with Gasteiger partial charge < -0.3 is 9.64 Å². The van der Waals surface area contributed by atoms with Crippen LogP contribution in [-0.2, 0) is 10.2 Å². The molecule has 0 spiro atoms. The van der Waals surface area contributed by atoms with E-state index in [1.165, 1.54) is 11.3 Å². The Kier molecular flexibility index (Phi) is 5.34. The Morgan fingerprint density at radius 3 is 2.22 bits per heavy atom. The van der Waals surface area contributed by atoms with E-state index in [1.807, 2.05) is 66.7 Å². The summed E-state index contributed by atoms with van der Waals surface area (Å²) < 4.78 is 7.00. The second-order valence-corrected chi connectivity index (χ2v) is 9.96. The Morgan fingerprint density at radius 1 is 1.03 bits per heavy atom. The summed E-state index contributed by atoms with van der Waals surface area (Å²) in [6.07, 6.45) is 1.38. The SMILES string of the molecule is CN1CC[C@@]2(C)c3cc(OC(=O)C(c4ccccc4)c4ccccc4)cc(Br)c3N(C)C12. The van der Waals surface area contributed by atoms with Gasteiger partial charge in [0.1, 0.15) is 11.7 Å². The molecule has 0 aliphatic carbocycles. The van der Waals surface area contributed by atoms with E-state index < -0.39 is 5.92 Å². The maximum Gasteiger partial charge on any atom is 0.323 e. The van der Waals surface area contributed by atoms with E-state index in [0.717, 1.165) is 28.6 Å². The molecular formula is C27H27BrN2O2. The van der Waals surface area contributed by atoms with E-state index in [4.69, 9.17) is 4.74 Å². The average molecular weight is 491 g/mol. The first kappa shape index (κ1) is 21.2. The monoisotopic (exact) mass is 490 g/mol. The largest absolute Gasteiger partial charge is 0.426 e. The number of ether oxygens (including phenoxy) is 1. The normalized spacial score (nSPS) is 22.2. The average Bonchev–Trinajstić information content (AvgIpc) is 3.21. The molecule has 32 heavy (non-hydrogen) atoms. The van der Waals surface area contributed by atoms with Crippen molar-refractivity contribution < 1.29 is 9.53 Å². The Morgan fingerprint density at radius 2 is 1.62 bits per heavy atom. The zero-order chi connectivity index (χ0) is 22.5. The van der Waals surface area contributed by atoms with E-state index in [2.05, 4.69) is 52.8 Å². The molecule has 2 atom stereocenters. The highest BCUT2D eigenvalue weighted by atomic mass is 79.9. The van der Waals surface area contributed by atoms with Crippen LogP contribution in [0.3, 0.4) is 0 Å². The lowest BCUT2D eigenvalue weighted by atomic mass is 9.81. The van der Waals surface area contributed by atoms with Crippen LogP contribution in [0.2, 0.25) is 0 Å². The number of carbonyl (C=O) groups is 1. The van der Waals surface area contributed by atoms with Gasteiger partial charge in [0.2, 0.25) is 0 Å². The fourth-order valence-electron chi connectivity index (χ4n) is 5.62. The molecule has 1 saturated heterocycles. The second-order valence-electron chi connectivity index (χ2n) is 9.11. The van der Waals surface area contributed by atoms with Crippen LogP contribution in [0.15, 0.2) is 77.3 Å². The summed E-state index contributed by atoms with van der Waals surface area (Å²) in [5.41, 5.74) is 4.28. The zero-order valence-electron chi connectivity index (χ0n) is 18.6. The summed E-state index contributed by atoms with van der Waals surface area (Å²) in [6.45, 7) is 3.37. The molecule has 2 aliphatic heterocycles. The zero-order valence-corrected chi connectivity index (χ0v) is 20.2. The van der Waals surface area contributed by atoms with Crippen molar-refractivity contribution in [2.75, 3.05) is 25.5 Å². The summed E-state index contributed by atoms with van der Waals surface area (Å²) in [5.74, 6) is -0.166. The quantitative estimate of drug-likeness (QED) is 0.354. The van der Waals surface area contributed by atoms with E-state index in [9.17, 15) is 4.79 Å². The molecule has 0 amide bonds. The fourth-order valence-corrected chi connectivity index (χ4v) is 6.34. The van der Waals surface area contributed by atoms with Crippen molar-refractivity contribution in [2.24, 2.45) is 0 Å². The molecule has 0 radical (unpaired) electrons. The van der Waals surface area contributed by atoms with Crippen molar-refractivity contribution >= 4 is 27.6 Å². The lowest BCUT2D eigenvalue weighted by molar-refractivity contribution is -0.135. The van der Waals surface area contributed by atoms with Gasteiger partial charge >= 0.3 is 5.97 Å². The van der Waals surface area contributed by atoms with Crippen molar-refractivity contribution in [3.8, 4) is 5.75 Å². The topological polar surface area (TPSA) is 32.8 Å². The number of carbonyl (C=O) groups excluding carboxylic acids is 1. The van der Waals surface area contributed by atoms with E-state index in [0.29, 0.717) is 11.9 Å². The highest BCUT2D eigenvalue weighted by Crippen LogP contribution is 2.54. The van der Waals surface area contributed by atoms with Crippen LogP contribution in [0.5, 0.6) is 5.75 Å². The van der Waals surface area contributed by atoms with Gasteiger partial charge in [-0.25, -0.2) is 0 Å². The van der Waals surface area contributed by atoms with Crippen molar-refractivity contribution in [3.05, 3.63) is 94.0 Å². The second kappa shape index (κ2) is 8.05. The van der Waals surface area contributed by atoms with E-state index >= 15 is 0 Å². The molecule has 5 heteroatoms. The highest BCUT2D eigenvalue weighted by Gasteiger charge is 2.53. The van der Waals surface area contributed by atoms with Gasteiger partial charge in [-0.05, 0) is 58.2 Å². The number of likely N-dealkylation sites (N-methyl/N-ethyl adjacent to an activating group) is 2. The summed E-state index contributed by atoms with van der Waals surface area (Å²) in [7, 11) is 4.32. The van der Waals surface area contributed by atoms with Crippen LogP contribution < -0.4 is 9.64 Å². The highest BCUT2D eigenvalue weighted by molar-refractivity contribution is 9.10. The third-order valence-corrected chi connectivity index (χ3v) is 7.67. The Bertz CT molecular complexity index is 1110. The number of anilines is 1. The summed E-state index contributed by atoms with van der Waals surface area (Å²) in [5, 5.41) is 0. The molecule has 0 saturated carbocycles. The van der Waals surface area contributed by atoms with Crippen molar-refractivity contribution in [1.82, 2.24) is 4.90 Å². The number of nitrogens with zero attached hydrogens (tertiary/aromatic N) is 2. The molecule has 0 aromatic heterocycles. The van der Waals surface area contributed by atoms with Gasteiger partial charge in [0.05, 0.1) is 11.9 Å². The van der Waals surface area contributed by atoms with Crippen molar-refractivity contribution in [1.29, 1.82) is 0 Å². The summed E-state index contributed by atoms with van der Waals surface area (Å²) >= 11 is 3.76. The minimum absolute atomic E-state index is 0.00202. The van der Waals surface area contributed by atoms with Crippen LogP contribution in [0, 0.1) is 0 Å². The third kappa shape index (κ3) is 3.35. The maximum absolute atomic E-state index is 13.5. The smallest absolute Gasteiger partial charge is 0.323 e. The molecule has 0 bridgehead atoms. The molecule has 4 nitrogen and oxygen atoms in total. The molecular weight excluding hydrogens is 464 g/mol. The number of esters is 1. The molecule has 164 valence electrons. The number of hydrogen-bond donors (Lipinski definition) is 0. The standard InChI is InChI=1S/C27H27BrN2O2/c1-27-14-15-29(2)26(27)30(3)24-21(27)16-20(17-22(24)28)32-25(31)23(18-10-6-4-7-11-18)19-12-8-5-9-13-19/h4-13,16-17,23,26H,14-15H2,1-3H3/t26?,27-/m0/s1. The molecule has 3 aromatic rings. The number of rotatable bonds is 4. The van der Waals surface area contributed by atoms with E-state index in [-0.39, 0.29) is 11.4 Å². The molecule has 2 heterocycles. The van der Waals surface area contributed by atoms with Crippen molar-refractivity contribution in [3.63, 3.8) is 0 Å². The molecule has 2 aliphatic rings. The maximum atomic E-state index is 13.5. The van der Waals surface area contributed by atoms with Gasteiger partial charge in [-0.3, -0.25) is 9.69 Å². The lowest BCUT2D eigenvalue weighted by Gasteiger charge is -2.32. The first-order valence-corrected chi connectivity index (χ1v) is 11.8. The summed E-state index contributed by atoms with van der Waals surface area (Å²) in [6, 6.07) is 23.6. The minimum atomic E-state index is -0.479. The number of likely N-dealkylation sites (tertiary alicyclic amines) is 1. The molecule has 1 fully saturated rings. The first-order chi connectivity index (χ1) is 15.4. The van der Waals surface area contributed by atoms with Crippen LogP contribution in [0.1, 0.15) is 36.0 Å². The van der Waals surface area contributed by atoms with Gasteiger partial charge in [-0.1, -0.05) is 67.6 Å². The number of hydrogen-bond acceptors (Lipinski definition) is 4. The Balaban J connectivity index is 1.51. The molecule has 0 N–H and O–H groups in total. The summed E-state index contributed by atoms with van der Waals surface area (Å²) in [4.78, 5) is 18.2.